The first kappa shape index (κ1) is 10.7. The number of carbonyl (C=O) groups excluding carboxylic acids is 1. The van der Waals surface area contributed by atoms with Crippen LogP contribution in [0.5, 0.6) is 0 Å². The molecule has 0 atom stereocenters. The van der Waals surface area contributed by atoms with Crippen LogP contribution in [0.15, 0.2) is 5.38 Å². The zero-order valence-electron chi connectivity index (χ0n) is 7.62. The van der Waals surface area contributed by atoms with E-state index in [9.17, 15) is 4.79 Å². The average Bonchev–Trinajstić information content (AvgIpc) is 2.66. The second-order valence-corrected chi connectivity index (χ2v) is 3.48. The summed E-state index contributed by atoms with van der Waals surface area (Å²) in [6, 6.07) is 0. The minimum atomic E-state index is -0.198. The molecule has 0 fully saturated rings. The molecule has 1 heterocycles. The highest BCUT2D eigenvalue weighted by Crippen LogP contribution is 2.08. The van der Waals surface area contributed by atoms with Crippen molar-refractivity contribution in [1.82, 2.24) is 10.3 Å². The average molecular weight is 209 g/mol. The third kappa shape index (κ3) is 2.83. The summed E-state index contributed by atoms with van der Waals surface area (Å²) < 4.78 is 0. The van der Waals surface area contributed by atoms with Crippen molar-refractivity contribution >= 4 is 17.2 Å². The Morgan fingerprint density at radius 3 is 3.14 bits per heavy atom. The first-order valence-electron chi connectivity index (χ1n) is 4.14. The van der Waals surface area contributed by atoms with E-state index < -0.39 is 0 Å². The molecule has 0 spiro atoms. The highest BCUT2D eigenvalue weighted by atomic mass is 32.1. The molecule has 0 saturated heterocycles. The molecule has 0 aromatic carbocycles. The van der Waals surface area contributed by atoms with E-state index in [0.717, 1.165) is 5.01 Å². The van der Waals surface area contributed by atoms with Crippen LogP contribution in [0.4, 0.5) is 0 Å². The van der Waals surface area contributed by atoms with Gasteiger partial charge in [-0.1, -0.05) is 0 Å². The van der Waals surface area contributed by atoms with Crippen molar-refractivity contribution in [1.29, 1.82) is 0 Å². The quantitative estimate of drug-likeness (QED) is 0.555. The molecule has 0 saturated carbocycles. The number of amides is 1. The fourth-order valence-electron chi connectivity index (χ4n) is 0.848. The Balaban J connectivity index is 2.48. The van der Waals surface area contributed by atoms with Gasteiger partial charge >= 0.3 is 0 Å². The maximum absolute atomic E-state index is 11.4. The normalized spacial score (nSPS) is 9.43. The summed E-state index contributed by atoms with van der Waals surface area (Å²) in [5, 5.41) is 5.10. The van der Waals surface area contributed by atoms with Crippen LogP contribution in [0.25, 0.3) is 0 Å². The lowest BCUT2D eigenvalue weighted by atomic mass is 10.4. The van der Waals surface area contributed by atoms with E-state index in [0.29, 0.717) is 25.2 Å². The molecule has 0 aliphatic carbocycles. The van der Waals surface area contributed by atoms with Gasteiger partial charge in [-0.25, -0.2) is 4.98 Å². The summed E-state index contributed by atoms with van der Waals surface area (Å²) in [6.07, 6.45) is 5.58. The van der Waals surface area contributed by atoms with Crippen molar-refractivity contribution in [3.8, 4) is 12.3 Å². The molecule has 1 rings (SSSR count). The summed E-state index contributed by atoms with van der Waals surface area (Å²) in [6.45, 7) is 0.840. The monoisotopic (exact) mass is 209 g/mol. The molecule has 1 amide bonds. The van der Waals surface area contributed by atoms with Gasteiger partial charge in [0.25, 0.3) is 5.91 Å². The van der Waals surface area contributed by atoms with Gasteiger partial charge in [-0.15, -0.1) is 23.7 Å². The zero-order valence-corrected chi connectivity index (χ0v) is 8.43. The van der Waals surface area contributed by atoms with Gasteiger partial charge < -0.3 is 11.1 Å². The van der Waals surface area contributed by atoms with E-state index in [1.807, 2.05) is 0 Å². The fraction of sp³-hybridized carbons (Fsp3) is 0.333. The molecule has 3 N–H and O–H groups in total. The predicted molar refractivity (Wildman–Crippen MR) is 55.8 cm³/mol. The van der Waals surface area contributed by atoms with Crippen LogP contribution in [0.3, 0.4) is 0 Å². The summed E-state index contributed by atoms with van der Waals surface area (Å²) in [5.74, 6) is 2.24. The van der Waals surface area contributed by atoms with Crippen molar-refractivity contribution in [2.24, 2.45) is 5.73 Å². The van der Waals surface area contributed by atoms with Crippen LogP contribution in [-0.2, 0) is 6.54 Å². The van der Waals surface area contributed by atoms with Gasteiger partial charge in [0.05, 0.1) is 0 Å². The summed E-state index contributed by atoms with van der Waals surface area (Å²) in [7, 11) is 0. The van der Waals surface area contributed by atoms with Gasteiger partial charge in [0.15, 0.2) is 0 Å². The van der Waals surface area contributed by atoms with Crippen LogP contribution in [-0.4, -0.2) is 17.4 Å². The number of nitrogens with two attached hydrogens (primary N) is 1. The van der Waals surface area contributed by atoms with Crippen LogP contribution < -0.4 is 11.1 Å². The molecule has 0 aliphatic rings. The summed E-state index contributed by atoms with van der Waals surface area (Å²) >= 11 is 1.38. The molecule has 0 aliphatic heterocycles. The van der Waals surface area contributed by atoms with E-state index >= 15 is 0 Å². The van der Waals surface area contributed by atoms with Gasteiger partial charge in [0.2, 0.25) is 0 Å². The number of hydrogen-bond acceptors (Lipinski definition) is 4. The predicted octanol–water partition coefficient (Wildman–Crippen LogP) is 0.355. The molecule has 0 bridgehead atoms. The number of nitrogens with zero attached hydrogens (tertiary/aromatic N) is 1. The topological polar surface area (TPSA) is 68.0 Å². The van der Waals surface area contributed by atoms with Crippen LogP contribution in [0.2, 0.25) is 0 Å². The molecule has 0 radical (unpaired) electrons. The van der Waals surface area contributed by atoms with Crippen LogP contribution in [0.1, 0.15) is 21.9 Å². The van der Waals surface area contributed by atoms with Gasteiger partial charge in [0, 0.05) is 24.9 Å². The molecular weight excluding hydrogens is 198 g/mol. The van der Waals surface area contributed by atoms with Gasteiger partial charge in [-0.3, -0.25) is 4.79 Å². The summed E-state index contributed by atoms with van der Waals surface area (Å²) in [4.78, 5) is 15.4. The molecule has 14 heavy (non-hydrogen) atoms. The van der Waals surface area contributed by atoms with E-state index in [1.54, 1.807) is 5.38 Å². The van der Waals surface area contributed by atoms with E-state index in [-0.39, 0.29) is 5.91 Å². The number of thiazole rings is 1. The zero-order chi connectivity index (χ0) is 10.4. The summed E-state index contributed by atoms with van der Waals surface area (Å²) in [5.41, 5.74) is 5.78. The Morgan fingerprint density at radius 1 is 1.79 bits per heavy atom. The SMILES string of the molecule is C#CCCNC(=O)c1csc(CN)n1. The molecule has 4 nitrogen and oxygen atoms in total. The first-order chi connectivity index (χ1) is 6.77. The van der Waals surface area contributed by atoms with E-state index in [1.165, 1.54) is 11.3 Å². The maximum Gasteiger partial charge on any atom is 0.270 e. The number of nitrogens with one attached hydrogen (secondary N) is 1. The van der Waals surface area contributed by atoms with Gasteiger partial charge in [0.1, 0.15) is 10.7 Å². The minimum Gasteiger partial charge on any atom is -0.350 e. The lowest BCUT2D eigenvalue weighted by Gasteiger charge is -1.98. The second kappa shape index (κ2) is 5.37. The van der Waals surface area contributed by atoms with Gasteiger partial charge in [-0.05, 0) is 0 Å². The molecule has 5 heteroatoms. The Kier molecular flexibility index (Phi) is 4.11. The number of rotatable bonds is 4. The van der Waals surface area contributed by atoms with E-state index in [4.69, 9.17) is 12.2 Å². The smallest absolute Gasteiger partial charge is 0.270 e. The number of aromatic nitrogens is 1. The lowest BCUT2D eigenvalue weighted by molar-refractivity contribution is 0.0950. The first-order valence-corrected chi connectivity index (χ1v) is 5.02. The lowest BCUT2D eigenvalue weighted by Crippen LogP contribution is -2.24. The molecular formula is C9H11N3OS. The number of carbonyl (C=O) groups is 1. The third-order valence-electron chi connectivity index (χ3n) is 1.51. The Morgan fingerprint density at radius 2 is 2.57 bits per heavy atom. The number of hydrogen-bond donors (Lipinski definition) is 2. The van der Waals surface area contributed by atoms with Crippen LogP contribution in [0, 0.1) is 12.3 Å². The van der Waals surface area contributed by atoms with Crippen molar-refractivity contribution in [2.75, 3.05) is 6.54 Å². The minimum absolute atomic E-state index is 0.198. The van der Waals surface area contributed by atoms with Crippen molar-refractivity contribution in [2.45, 2.75) is 13.0 Å². The van der Waals surface area contributed by atoms with E-state index in [2.05, 4.69) is 16.2 Å². The van der Waals surface area contributed by atoms with Crippen molar-refractivity contribution in [3.05, 3.63) is 16.1 Å². The molecule has 74 valence electrons. The molecule has 1 aromatic heterocycles. The molecule has 0 unspecified atom stereocenters. The van der Waals surface area contributed by atoms with Crippen molar-refractivity contribution < 1.29 is 4.79 Å². The fourth-order valence-corrected chi connectivity index (χ4v) is 1.50. The van der Waals surface area contributed by atoms with Crippen molar-refractivity contribution in [3.63, 3.8) is 0 Å². The highest BCUT2D eigenvalue weighted by Gasteiger charge is 2.08. The Hall–Kier alpha value is -1.38. The maximum atomic E-state index is 11.4. The largest absolute Gasteiger partial charge is 0.350 e. The Bertz CT molecular complexity index is 353. The van der Waals surface area contributed by atoms with Gasteiger partial charge in [-0.2, -0.15) is 0 Å². The van der Waals surface area contributed by atoms with Crippen LogP contribution >= 0.6 is 11.3 Å². The second-order valence-electron chi connectivity index (χ2n) is 2.54. The Labute approximate surface area is 86.5 Å². The standard InChI is InChI=1S/C9H11N3OS/c1-2-3-4-11-9(13)7-6-14-8(5-10)12-7/h1,6H,3-5,10H2,(H,11,13). The highest BCUT2D eigenvalue weighted by molar-refractivity contribution is 7.09. The number of terminal acetylenes is 1. The molecule has 1 aromatic rings. The third-order valence-corrected chi connectivity index (χ3v) is 2.39.